The largest absolute Gasteiger partial charge is 0.364 e. The first-order valence-corrected chi connectivity index (χ1v) is 4.31. The second kappa shape index (κ2) is 3.23. The van der Waals surface area contributed by atoms with Crippen LogP contribution in [0.15, 0.2) is 9.59 Å². The van der Waals surface area contributed by atoms with Crippen LogP contribution in [0.3, 0.4) is 0 Å². The molecule has 0 aromatic carbocycles. The number of rotatable bonds is 1. The second-order valence-corrected chi connectivity index (χ2v) is 3.29. The Morgan fingerprint density at radius 3 is 2.73 bits per heavy atom. The Kier molecular flexibility index (Phi) is 2.03. The number of aromatic amines is 2. The van der Waals surface area contributed by atoms with Crippen LogP contribution in [0, 0.1) is 10.1 Å². The van der Waals surface area contributed by atoms with E-state index >= 15 is 0 Å². The Morgan fingerprint density at radius 2 is 2.07 bits per heavy atom. The van der Waals surface area contributed by atoms with Crippen molar-refractivity contribution < 1.29 is 4.92 Å². The maximum atomic E-state index is 11.3. The predicted octanol–water partition coefficient (Wildman–Crippen LogP) is -1.32. The molecule has 0 saturated carbocycles. The Balaban J connectivity index is 2.46. The molecule has 1 aliphatic heterocycles. The number of nitrogens with zero attached hydrogens (tertiary/aromatic N) is 1. The lowest BCUT2D eigenvalue weighted by Crippen LogP contribution is -2.40. The minimum absolute atomic E-state index is 0.0292. The molecule has 0 spiro atoms. The molecule has 1 aromatic heterocycles. The fourth-order valence-corrected chi connectivity index (χ4v) is 1.53. The molecular weight excluding hydrogens is 204 g/mol. The number of nitrogens with one attached hydrogen (secondary N) is 3. The van der Waals surface area contributed by atoms with Gasteiger partial charge < -0.3 is 5.32 Å². The smallest absolute Gasteiger partial charge is 0.327 e. The van der Waals surface area contributed by atoms with Gasteiger partial charge in [-0.15, -0.1) is 0 Å². The lowest BCUT2D eigenvalue weighted by atomic mass is 10.0. The summed E-state index contributed by atoms with van der Waals surface area (Å²) in [5, 5.41) is 13.2. The summed E-state index contributed by atoms with van der Waals surface area (Å²) in [7, 11) is 0. The van der Waals surface area contributed by atoms with E-state index in [9.17, 15) is 19.7 Å². The van der Waals surface area contributed by atoms with E-state index in [1.54, 1.807) is 0 Å². The minimum Gasteiger partial charge on any atom is -0.364 e. The Morgan fingerprint density at radius 1 is 1.33 bits per heavy atom. The summed E-state index contributed by atoms with van der Waals surface area (Å²) in [6.45, 7) is 0.111. The van der Waals surface area contributed by atoms with E-state index in [0.29, 0.717) is 0 Å². The van der Waals surface area contributed by atoms with Crippen LogP contribution in [0.1, 0.15) is 5.56 Å². The van der Waals surface area contributed by atoms with Gasteiger partial charge in [0.15, 0.2) is 0 Å². The van der Waals surface area contributed by atoms with Gasteiger partial charge in [0, 0.05) is 4.92 Å². The molecule has 1 aromatic rings. The van der Waals surface area contributed by atoms with Crippen LogP contribution >= 0.6 is 0 Å². The molecule has 2 heterocycles. The average molecular weight is 212 g/mol. The molecule has 3 N–H and O–H groups in total. The maximum absolute atomic E-state index is 11.3. The molecule has 0 unspecified atom stereocenters. The third-order valence-corrected chi connectivity index (χ3v) is 2.29. The van der Waals surface area contributed by atoms with E-state index in [0.717, 1.165) is 0 Å². The van der Waals surface area contributed by atoms with Crippen LogP contribution in [-0.4, -0.2) is 27.5 Å². The Labute approximate surface area is 82.5 Å². The molecule has 2 rings (SSSR count). The van der Waals surface area contributed by atoms with Crippen molar-refractivity contribution in [3.8, 4) is 0 Å². The molecule has 0 fully saturated rings. The molecule has 15 heavy (non-hydrogen) atoms. The number of anilines is 1. The number of hydrogen-bond donors (Lipinski definition) is 3. The molecule has 80 valence electrons. The van der Waals surface area contributed by atoms with Gasteiger partial charge in [0.05, 0.1) is 18.5 Å². The number of hydrogen-bond acceptors (Lipinski definition) is 5. The highest BCUT2D eigenvalue weighted by Crippen LogP contribution is 2.14. The van der Waals surface area contributed by atoms with Gasteiger partial charge in [-0.1, -0.05) is 0 Å². The molecule has 0 bridgehead atoms. The van der Waals surface area contributed by atoms with Crippen LogP contribution in [-0.2, 0) is 6.42 Å². The third kappa shape index (κ3) is 1.60. The van der Waals surface area contributed by atoms with Crippen molar-refractivity contribution in [1.82, 2.24) is 9.97 Å². The molecule has 1 aliphatic rings. The summed E-state index contributed by atoms with van der Waals surface area (Å²) in [6.07, 6.45) is 0.0292. The molecule has 0 saturated heterocycles. The van der Waals surface area contributed by atoms with E-state index in [4.69, 9.17) is 0 Å². The monoisotopic (exact) mass is 212 g/mol. The Hall–Kier alpha value is -2.12. The second-order valence-electron chi connectivity index (χ2n) is 3.29. The first-order chi connectivity index (χ1) is 7.08. The van der Waals surface area contributed by atoms with Gasteiger partial charge in [-0.25, -0.2) is 4.79 Å². The first-order valence-electron chi connectivity index (χ1n) is 4.31. The van der Waals surface area contributed by atoms with Gasteiger partial charge in [0.2, 0.25) is 6.04 Å². The summed E-state index contributed by atoms with van der Waals surface area (Å²) in [5.74, 6) is 0.279. The van der Waals surface area contributed by atoms with Crippen molar-refractivity contribution in [2.75, 3.05) is 11.9 Å². The number of fused-ring (bicyclic) bond motifs is 1. The van der Waals surface area contributed by atoms with Crippen molar-refractivity contribution >= 4 is 5.82 Å². The lowest BCUT2D eigenvalue weighted by molar-refractivity contribution is -0.518. The quantitative estimate of drug-likeness (QED) is 0.393. The Bertz CT molecular complexity index is 516. The minimum atomic E-state index is -0.829. The van der Waals surface area contributed by atoms with Crippen molar-refractivity contribution in [2.45, 2.75) is 12.5 Å². The fraction of sp³-hybridized carbons (Fsp3) is 0.429. The summed E-state index contributed by atoms with van der Waals surface area (Å²) in [4.78, 5) is 36.7. The SMILES string of the molecule is O=c1[nH]c2c(c(=O)[nH]1)C[C@@H]([N+](=O)[O-])CN2. The maximum Gasteiger partial charge on any atom is 0.327 e. The summed E-state index contributed by atoms with van der Waals surface area (Å²) >= 11 is 0. The molecule has 8 heteroatoms. The zero-order valence-corrected chi connectivity index (χ0v) is 7.57. The van der Waals surface area contributed by atoms with Gasteiger partial charge in [-0.3, -0.25) is 24.9 Å². The molecule has 0 aliphatic carbocycles. The standard InChI is InChI=1S/C7H8N4O4/c12-6-4-1-3(11(14)15)2-8-5(4)9-7(13)10-6/h3H,1-2H2,(H3,8,9,10,12,13)/t3-/m1/s1. The van der Waals surface area contributed by atoms with Crippen molar-refractivity contribution in [3.63, 3.8) is 0 Å². The van der Waals surface area contributed by atoms with Crippen LogP contribution in [0.4, 0.5) is 5.82 Å². The highest BCUT2D eigenvalue weighted by molar-refractivity contribution is 5.44. The fourth-order valence-electron chi connectivity index (χ4n) is 1.53. The topological polar surface area (TPSA) is 121 Å². The predicted molar refractivity (Wildman–Crippen MR) is 50.7 cm³/mol. The van der Waals surface area contributed by atoms with Gasteiger partial charge in [0.25, 0.3) is 5.56 Å². The van der Waals surface area contributed by atoms with Crippen molar-refractivity contribution in [1.29, 1.82) is 0 Å². The molecule has 0 amide bonds. The highest BCUT2D eigenvalue weighted by Gasteiger charge is 2.29. The van der Waals surface area contributed by atoms with Gasteiger partial charge in [-0.2, -0.15) is 0 Å². The van der Waals surface area contributed by atoms with Crippen molar-refractivity contribution in [3.05, 3.63) is 36.5 Å². The number of aromatic nitrogens is 2. The van der Waals surface area contributed by atoms with E-state index in [-0.39, 0.29) is 24.3 Å². The van der Waals surface area contributed by atoms with Gasteiger partial charge in [-0.05, 0) is 0 Å². The van der Waals surface area contributed by atoms with Crippen LogP contribution in [0.25, 0.3) is 0 Å². The zero-order chi connectivity index (χ0) is 11.0. The van der Waals surface area contributed by atoms with Gasteiger partial charge in [0.1, 0.15) is 5.82 Å². The molecular formula is C7H8N4O4. The van der Waals surface area contributed by atoms with Crippen molar-refractivity contribution in [2.24, 2.45) is 0 Å². The molecule has 8 nitrogen and oxygen atoms in total. The van der Waals surface area contributed by atoms with Crippen LogP contribution in [0.5, 0.6) is 0 Å². The molecule has 1 atom stereocenters. The van der Waals surface area contributed by atoms with E-state index < -0.39 is 22.2 Å². The highest BCUT2D eigenvalue weighted by atomic mass is 16.6. The summed E-state index contributed by atoms with van der Waals surface area (Å²) in [6, 6.07) is -0.829. The van der Waals surface area contributed by atoms with Gasteiger partial charge >= 0.3 is 5.69 Å². The first kappa shape index (κ1) is 9.44. The van der Waals surface area contributed by atoms with Crippen LogP contribution in [0.2, 0.25) is 0 Å². The third-order valence-electron chi connectivity index (χ3n) is 2.29. The lowest BCUT2D eigenvalue weighted by Gasteiger charge is -2.18. The summed E-state index contributed by atoms with van der Waals surface area (Å²) < 4.78 is 0. The van der Waals surface area contributed by atoms with E-state index in [1.165, 1.54) is 0 Å². The normalized spacial score (nSPS) is 19.1. The zero-order valence-electron chi connectivity index (χ0n) is 7.57. The molecule has 0 radical (unpaired) electrons. The number of nitro groups is 1. The van der Waals surface area contributed by atoms with Crippen LogP contribution < -0.4 is 16.6 Å². The number of H-pyrrole nitrogens is 2. The van der Waals surface area contributed by atoms with E-state index in [2.05, 4.69) is 10.3 Å². The summed E-state index contributed by atoms with van der Waals surface area (Å²) in [5.41, 5.74) is -0.971. The van der Waals surface area contributed by atoms with E-state index in [1.807, 2.05) is 4.98 Å². The average Bonchev–Trinajstić information content (AvgIpc) is 2.16.